The minimum Gasteiger partial charge on any atom is -0.0616 e. The molecule has 0 unspecified atom stereocenters. The van der Waals surface area contributed by atoms with Crippen molar-refractivity contribution in [1.82, 2.24) is 0 Å². The third-order valence-electron chi connectivity index (χ3n) is 10.3. The summed E-state index contributed by atoms with van der Waals surface area (Å²) in [7, 11) is 0. The van der Waals surface area contributed by atoms with Gasteiger partial charge in [0.2, 0.25) is 0 Å². The Morgan fingerprint density at radius 3 is 1.53 bits per heavy atom. The lowest BCUT2D eigenvalue weighted by Crippen LogP contribution is -2.16. The normalized spacial score (nSPS) is 14.0. The monoisotopic (exact) mass is 544 g/mol. The molecule has 0 amide bonds. The van der Waals surface area contributed by atoms with Gasteiger partial charge in [-0.15, -0.1) is 0 Å². The first kappa shape index (κ1) is 23.4. The maximum Gasteiger partial charge on any atom is 0.0171 e. The lowest BCUT2D eigenvalue weighted by molar-refractivity contribution is 0.672. The van der Waals surface area contributed by atoms with E-state index in [4.69, 9.17) is 0 Å². The lowest BCUT2D eigenvalue weighted by atomic mass is 9.77. The Morgan fingerprint density at radius 1 is 0.326 bits per heavy atom. The number of benzene rings is 8. The quantitative estimate of drug-likeness (QED) is 0.180. The van der Waals surface area contributed by atoms with Crippen LogP contribution in [0.3, 0.4) is 0 Å². The van der Waals surface area contributed by atoms with Crippen LogP contribution in [0.1, 0.15) is 25.0 Å². The summed E-state index contributed by atoms with van der Waals surface area (Å²) in [6.07, 6.45) is 0. The third-order valence-corrected chi connectivity index (χ3v) is 10.3. The van der Waals surface area contributed by atoms with Crippen LogP contribution in [-0.2, 0) is 5.41 Å². The SMILES string of the molecule is CC1(C)c2c(cc(-c3ccc4c5c(cccc35)-c3ccccc3-4)c3ccccc23)-c2c1c1ccccc1c1ccccc21. The molecule has 0 saturated carbocycles. The van der Waals surface area contributed by atoms with Gasteiger partial charge < -0.3 is 0 Å². The second kappa shape index (κ2) is 8.00. The summed E-state index contributed by atoms with van der Waals surface area (Å²) >= 11 is 0. The molecule has 0 heteroatoms. The smallest absolute Gasteiger partial charge is 0.0171 e. The van der Waals surface area contributed by atoms with E-state index in [1.54, 1.807) is 0 Å². The first-order chi connectivity index (χ1) is 21.1. The van der Waals surface area contributed by atoms with Crippen LogP contribution in [0.25, 0.3) is 87.6 Å². The highest BCUT2D eigenvalue weighted by Gasteiger charge is 2.40. The molecule has 0 heterocycles. The first-order valence-electron chi connectivity index (χ1n) is 15.3. The van der Waals surface area contributed by atoms with Gasteiger partial charge in [-0.1, -0.05) is 141 Å². The average molecular weight is 545 g/mol. The molecular weight excluding hydrogens is 516 g/mol. The molecule has 43 heavy (non-hydrogen) atoms. The van der Waals surface area contributed by atoms with Crippen LogP contribution in [-0.4, -0.2) is 0 Å². The molecule has 0 saturated heterocycles. The molecule has 2 aliphatic carbocycles. The molecule has 0 bridgehead atoms. The summed E-state index contributed by atoms with van der Waals surface area (Å²) in [5.41, 5.74) is 13.5. The predicted octanol–water partition coefficient (Wildman–Crippen LogP) is 11.9. The van der Waals surface area contributed by atoms with Gasteiger partial charge in [0.15, 0.2) is 0 Å². The lowest BCUT2D eigenvalue weighted by Gasteiger charge is -2.25. The molecule has 10 rings (SSSR count). The van der Waals surface area contributed by atoms with E-state index in [-0.39, 0.29) is 5.41 Å². The van der Waals surface area contributed by atoms with E-state index in [2.05, 4.69) is 147 Å². The van der Waals surface area contributed by atoms with Gasteiger partial charge in [0.25, 0.3) is 0 Å². The highest BCUT2D eigenvalue weighted by molar-refractivity contribution is 6.23. The van der Waals surface area contributed by atoms with Crippen molar-refractivity contribution in [1.29, 1.82) is 0 Å². The Labute approximate surface area is 250 Å². The Morgan fingerprint density at radius 2 is 0.814 bits per heavy atom. The van der Waals surface area contributed by atoms with E-state index in [1.165, 1.54) is 98.7 Å². The van der Waals surface area contributed by atoms with Crippen LogP contribution in [0.15, 0.2) is 133 Å². The minimum absolute atomic E-state index is 0.143. The Kier molecular flexibility index (Phi) is 4.35. The maximum atomic E-state index is 2.53. The Balaban J connectivity index is 1.37. The molecule has 0 spiro atoms. The summed E-state index contributed by atoms with van der Waals surface area (Å²) in [4.78, 5) is 0. The summed E-state index contributed by atoms with van der Waals surface area (Å²) in [5, 5.41) is 10.8. The van der Waals surface area contributed by atoms with Crippen LogP contribution in [0.2, 0.25) is 0 Å². The molecule has 0 nitrogen and oxygen atoms in total. The van der Waals surface area contributed by atoms with Gasteiger partial charge in [-0.05, 0) is 105 Å². The molecule has 0 aliphatic heterocycles. The van der Waals surface area contributed by atoms with Crippen LogP contribution >= 0.6 is 0 Å². The van der Waals surface area contributed by atoms with Crippen molar-refractivity contribution in [2.24, 2.45) is 0 Å². The summed E-state index contributed by atoms with van der Waals surface area (Å²) in [6, 6.07) is 50.1. The Hall–Kier alpha value is -5.20. The van der Waals surface area contributed by atoms with E-state index in [0.717, 1.165) is 0 Å². The van der Waals surface area contributed by atoms with E-state index in [0.29, 0.717) is 0 Å². The van der Waals surface area contributed by atoms with Gasteiger partial charge in [-0.3, -0.25) is 0 Å². The fourth-order valence-corrected chi connectivity index (χ4v) is 8.71. The van der Waals surface area contributed by atoms with E-state index in [1.807, 2.05) is 0 Å². The van der Waals surface area contributed by atoms with Crippen LogP contribution in [0.5, 0.6) is 0 Å². The average Bonchev–Trinajstić information content (AvgIpc) is 3.51. The van der Waals surface area contributed by atoms with E-state index in [9.17, 15) is 0 Å². The van der Waals surface area contributed by atoms with E-state index < -0.39 is 0 Å². The molecule has 0 radical (unpaired) electrons. The van der Waals surface area contributed by atoms with Crippen LogP contribution in [0.4, 0.5) is 0 Å². The molecule has 200 valence electrons. The standard InChI is InChI=1S/C43H28/c1-43(2)41-35-18-9-7-16-29(35)37(30-22-23-34-26-13-4-3-12-25(26)31-20-11-21-32(30)39(31)34)24-38(41)40-33-17-8-5-14-27(33)28-15-6-10-19-36(28)42(40)43/h3-24H,1-2H3. The van der Waals surface area contributed by atoms with Crippen molar-refractivity contribution in [3.8, 4) is 44.5 Å². The van der Waals surface area contributed by atoms with Gasteiger partial charge >= 0.3 is 0 Å². The second-order valence-electron chi connectivity index (χ2n) is 12.8. The van der Waals surface area contributed by atoms with Crippen molar-refractivity contribution in [2.45, 2.75) is 19.3 Å². The summed E-state index contributed by atoms with van der Waals surface area (Å²) < 4.78 is 0. The fraction of sp³-hybridized carbons (Fsp3) is 0.0698. The molecule has 0 atom stereocenters. The largest absolute Gasteiger partial charge is 0.0616 e. The number of hydrogen-bond donors (Lipinski definition) is 0. The Bertz CT molecular complexity index is 2500. The van der Waals surface area contributed by atoms with Crippen LogP contribution < -0.4 is 0 Å². The molecule has 8 aromatic carbocycles. The minimum atomic E-state index is -0.143. The highest BCUT2D eigenvalue weighted by Crippen LogP contribution is 2.58. The number of fused-ring (bicyclic) bond motifs is 13. The van der Waals surface area contributed by atoms with Crippen molar-refractivity contribution in [3.63, 3.8) is 0 Å². The van der Waals surface area contributed by atoms with Gasteiger partial charge in [-0.2, -0.15) is 0 Å². The summed E-state index contributed by atoms with van der Waals surface area (Å²) in [5.74, 6) is 0. The van der Waals surface area contributed by atoms with Gasteiger partial charge in [-0.25, -0.2) is 0 Å². The fourth-order valence-electron chi connectivity index (χ4n) is 8.71. The number of hydrogen-bond acceptors (Lipinski definition) is 0. The maximum absolute atomic E-state index is 2.53. The molecule has 8 aromatic rings. The molecular formula is C43H28. The molecule has 0 aromatic heterocycles. The predicted molar refractivity (Wildman–Crippen MR) is 184 cm³/mol. The molecule has 2 aliphatic rings. The summed E-state index contributed by atoms with van der Waals surface area (Å²) in [6.45, 7) is 4.86. The zero-order chi connectivity index (χ0) is 28.4. The van der Waals surface area contributed by atoms with Crippen LogP contribution in [0, 0.1) is 0 Å². The highest BCUT2D eigenvalue weighted by atomic mass is 14.4. The molecule has 0 fully saturated rings. The zero-order valence-corrected chi connectivity index (χ0v) is 24.2. The van der Waals surface area contributed by atoms with Gasteiger partial charge in [0.1, 0.15) is 0 Å². The van der Waals surface area contributed by atoms with E-state index >= 15 is 0 Å². The van der Waals surface area contributed by atoms with Crippen molar-refractivity contribution in [2.75, 3.05) is 0 Å². The first-order valence-corrected chi connectivity index (χ1v) is 15.3. The number of rotatable bonds is 1. The zero-order valence-electron chi connectivity index (χ0n) is 24.2. The topological polar surface area (TPSA) is 0 Å². The van der Waals surface area contributed by atoms with Gasteiger partial charge in [0, 0.05) is 5.41 Å². The van der Waals surface area contributed by atoms with Crippen molar-refractivity contribution in [3.05, 3.63) is 145 Å². The molecule has 0 N–H and O–H groups in total. The second-order valence-corrected chi connectivity index (χ2v) is 12.8. The van der Waals surface area contributed by atoms with Gasteiger partial charge in [0.05, 0.1) is 0 Å². The van der Waals surface area contributed by atoms with Crippen molar-refractivity contribution >= 4 is 43.1 Å². The third kappa shape index (κ3) is 2.82. The van der Waals surface area contributed by atoms with Crippen molar-refractivity contribution < 1.29 is 0 Å².